The number of hydrogen-bond acceptors (Lipinski definition) is 5. The fraction of sp³-hybridized carbons (Fsp3) is 0.235. The molecule has 1 amide bonds. The van der Waals surface area contributed by atoms with E-state index in [1.165, 1.54) is 37.4 Å². The maximum Gasteiger partial charge on any atom is 0.441 e. The Morgan fingerprint density at radius 1 is 1.15 bits per heavy atom. The van der Waals surface area contributed by atoms with Crippen LogP contribution in [0, 0.1) is 5.82 Å². The number of amides is 1. The summed E-state index contributed by atoms with van der Waals surface area (Å²) in [6.45, 7) is 0.906. The molecule has 144 valence electrons. The van der Waals surface area contributed by atoms with Crippen molar-refractivity contribution < 1.29 is 31.9 Å². The number of halogens is 4. The Bertz CT molecular complexity index is 815. The lowest BCUT2D eigenvalue weighted by Gasteiger charge is -2.35. The molecule has 0 bridgehead atoms. The van der Waals surface area contributed by atoms with Gasteiger partial charge in [0.2, 0.25) is 0 Å². The number of nitrogens with zero attached hydrogens (tertiary/aromatic N) is 1. The van der Waals surface area contributed by atoms with Gasteiger partial charge in [-0.1, -0.05) is 12.1 Å². The second kappa shape index (κ2) is 8.02. The highest BCUT2D eigenvalue weighted by Crippen LogP contribution is 2.34. The van der Waals surface area contributed by atoms with Crippen LogP contribution in [0.4, 0.5) is 23.2 Å². The van der Waals surface area contributed by atoms with Gasteiger partial charge in [-0.15, -0.1) is 0 Å². The summed E-state index contributed by atoms with van der Waals surface area (Å²) in [5.74, 6) is -4.14. The third-order valence-electron chi connectivity index (χ3n) is 3.43. The maximum absolute atomic E-state index is 13.9. The monoisotopic (exact) mass is 385 g/mol. The fourth-order valence-electron chi connectivity index (χ4n) is 2.13. The van der Waals surface area contributed by atoms with Gasteiger partial charge in [0.25, 0.3) is 5.91 Å². The molecule has 0 aliphatic rings. The number of aromatic nitrogens is 1. The molecule has 6 nitrogen and oxygen atoms in total. The van der Waals surface area contributed by atoms with E-state index < -0.39 is 41.8 Å². The van der Waals surface area contributed by atoms with Crippen molar-refractivity contribution in [1.29, 1.82) is 0 Å². The minimum Gasteiger partial charge on any atom is -0.463 e. The van der Waals surface area contributed by atoms with Gasteiger partial charge in [0.15, 0.2) is 0 Å². The minimum atomic E-state index is -5.36. The molecule has 1 unspecified atom stereocenters. The molecule has 0 aliphatic carbocycles. The van der Waals surface area contributed by atoms with Crippen LogP contribution in [0.1, 0.15) is 17.3 Å². The molecule has 1 aromatic carbocycles. The number of rotatable bonds is 6. The average molecular weight is 385 g/mol. The zero-order valence-corrected chi connectivity index (χ0v) is 14.0. The number of nitrogens with one attached hydrogen (secondary N) is 2. The number of carbonyl (C=O) groups is 2. The molecule has 1 heterocycles. The number of benzene rings is 1. The zero-order chi connectivity index (χ0) is 20.1. The van der Waals surface area contributed by atoms with Gasteiger partial charge >= 0.3 is 17.8 Å². The molecule has 2 N–H and O–H groups in total. The van der Waals surface area contributed by atoms with E-state index in [2.05, 4.69) is 9.72 Å². The Hall–Kier alpha value is -3.17. The van der Waals surface area contributed by atoms with E-state index in [0.29, 0.717) is 0 Å². The topological polar surface area (TPSA) is 80.3 Å². The second-order valence-electron chi connectivity index (χ2n) is 5.27. The fourth-order valence-corrected chi connectivity index (χ4v) is 2.13. The summed E-state index contributed by atoms with van der Waals surface area (Å²) in [6.07, 6.45) is -3.03. The third kappa shape index (κ3) is 4.33. The molecule has 2 rings (SSSR count). The number of para-hydroxylation sites is 1. The summed E-state index contributed by atoms with van der Waals surface area (Å²) in [6, 6.07) is 6.95. The molecule has 0 saturated carbocycles. The van der Waals surface area contributed by atoms with Crippen molar-refractivity contribution >= 4 is 17.6 Å². The van der Waals surface area contributed by atoms with Crippen molar-refractivity contribution in [2.45, 2.75) is 18.8 Å². The van der Waals surface area contributed by atoms with Crippen molar-refractivity contribution in [3.8, 4) is 0 Å². The van der Waals surface area contributed by atoms with Crippen LogP contribution in [0.15, 0.2) is 48.8 Å². The van der Waals surface area contributed by atoms with Gasteiger partial charge in [0, 0.05) is 12.4 Å². The van der Waals surface area contributed by atoms with E-state index >= 15 is 0 Å². The summed E-state index contributed by atoms with van der Waals surface area (Å²) in [5.41, 5.74) is -4.59. The molecule has 0 aliphatic heterocycles. The van der Waals surface area contributed by atoms with E-state index in [1.54, 1.807) is 10.6 Å². The molecule has 1 atom stereocenters. The van der Waals surface area contributed by atoms with Gasteiger partial charge in [-0.3, -0.25) is 9.78 Å². The second-order valence-corrected chi connectivity index (χ2v) is 5.27. The quantitative estimate of drug-likeness (QED) is 0.454. The van der Waals surface area contributed by atoms with Gasteiger partial charge in [-0.05, 0) is 31.2 Å². The Morgan fingerprint density at radius 2 is 1.85 bits per heavy atom. The number of esters is 1. The molecule has 2 aromatic rings. The average Bonchev–Trinajstić information content (AvgIpc) is 2.62. The van der Waals surface area contributed by atoms with E-state index in [9.17, 15) is 27.2 Å². The molecule has 1 aromatic heterocycles. The van der Waals surface area contributed by atoms with E-state index in [4.69, 9.17) is 0 Å². The number of pyridine rings is 1. The van der Waals surface area contributed by atoms with E-state index in [-0.39, 0.29) is 5.56 Å². The van der Waals surface area contributed by atoms with Gasteiger partial charge < -0.3 is 15.4 Å². The number of anilines is 1. The predicted octanol–water partition coefficient (Wildman–Crippen LogP) is 2.88. The van der Waals surface area contributed by atoms with Crippen LogP contribution < -0.4 is 10.6 Å². The lowest BCUT2D eigenvalue weighted by molar-refractivity contribution is -0.204. The van der Waals surface area contributed by atoms with Gasteiger partial charge in [0.1, 0.15) is 5.82 Å². The summed E-state index contributed by atoms with van der Waals surface area (Å²) >= 11 is 0. The van der Waals surface area contributed by atoms with E-state index in [1.807, 2.05) is 0 Å². The molecule has 10 heteroatoms. The van der Waals surface area contributed by atoms with Crippen LogP contribution in [-0.2, 0) is 9.53 Å². The number of hydrogen-bond donors (Lipinski definition) is 2. The van der Waals surface area contributed by atoms with Crippen molar-refractivity contribution in [3.05, 3.63) is 60.2 Å². The summed E-state index contributed by atoms with van der Waals surface area (Å²) in [7, 11) is 0. The SMILES string of the molecule is CCOC(=O)C(NC(=O)c1cccnc1)(Nc1ccccc1F)C(F)(F)F. The van der Waals surface area contributed by atoms with Crippen molar-refractivity contribution in [2.24, 2.45) is 0 Å². The van der Waals surface area contributed by atoms with Crippen LogP contribution in [0.5, 0.6) is 0 Å². The normalized spacial score (nSPS) is 13.4. The number of alkyl halides is 3. The largest absolute Gasteiger partial charge is 0.463 e. The third-order valence-corrected chi connectivity index (χ3v) is 3.43. The first kappa shape index (κ1) is 20.1. The smallest absolute Gasteiger partial charge is 0.441 e. The summed E-state index contributed by atoms with van der Waals surface area (Å²) in [4.78, 5) is 28.2. The van der Waals surface area contributed by atoms with Crippen LogP contribution in [0.3, 0.4) is 0 Å². The van der Waals surface area contributed by atoms with Gasteiger partial charge in [-0.25, -0.2) is 9.18 Å². The van der Waals surface area contributed by atoms with Gasteiger partial charge in [-0.2, -0.15) is 13.2 Å². The molecule has 0 spiro atoms. The maximum atomic E-state index is 13.9. The van der Waals surface area contributed by atoms with Crippen LogP contribution in [-0.4, -0.2) is 35.3 Å². The predicted molar refractivity (Wildman–Crippen MR) is 87.1 cm³/mol. The Morgan fingerprint density at radius 3 is 2.41 bits per heavy atom. The van der Waals surface area contributed by atoms with Crippen molar-refractivity contribution in [2.75, 3.05) is 11.9 Å². The number of ether oxygens (including phenoxy) is 1. The highest BCUT2D eigenvalue weighted by molar-refractivity contribution is 5.99. The van der Waals surface area contributed by atoms with Crippen LogP contribution >= 0.6 is 0 Å². The lowest BCUT2D eigenvalue weighted by Crippen LogP contribution is -2.69. The lowest BCUT2D eigenvalue weighted by atomic mass is 10.1. The molecule has 27 heavy (non-hydrogen) atoms. The Kier molecular flexibility index (Phi) is 5.98. The summed E-state index contributed by atoms with van der Waals surface area (Å²) < 4.78 is 60.2. The molecular weight excluding hydrogens is 370 g/mol. The zero-order valence-electron chi connectivity index (χ0n) is 14.0. The van der Waals surface area contributed by atoms with Crippen molar-refractivity contribution in [1.82, 2.24) is 10.3 Å². The van der Waals surface area contributed by atoms with E-state index in [0.717, 1.165) is 18.3 Å². The molecule has 0 fully saturated rings. The highest BCUT2D eigenvalue weighted by Gasteiger charge is 2.64. The van der Waals surface area contributed by atoms with Gasteiger partial charge in [0.05, 0.1) is 17.9 Å². The molecular formula is C17H15F4N3O3. The Labute approximate surface area is 151 Å². The van der Waals surface area contributed by atoms with Crippen molar-refractivity contribution in [3.63, 3.8) is 0 Å². The van der Waals surface area contributed by atoms with Crippen LogP contribution in [0.25, 0.3) is 0 Å². The molecule has 0 saturated heterocycles. The van der Waals surface area contributed by atoms with Crippen LogP contribution in [0.2, 0.25) is 0 Å². The first-order chi connectivity index (χ1) is 12.7. The first-order valence-corrected chi connectivity index (χ1v) is 7.70. The highest BCUT2D eigenvalue weighted by atomic mass is 19.4. The minimum absolute atomic E-state index is 0.231. The number of carbonyl (C=O) groups excluding carboxylic acids is 2. The standard InChI is InChI=1S/C17H15F4N3O3/c1-2-27-15(26)16(17(19,20)21,23-13-8-4-3-7-12(13)18)24-14(25)11-6-5-9-22-10-11/h3-10,23H,2H2,1H3,(H,24,25). The summed E-state index contributed by atoms with van der Waals surface area (Å²) in [5, 5.41) is 3.35. The molecule has 0 radical (unpaired) electrons. The Balaban J connectivity index is 2.52. The first-order valence-electron chi connectivity index (χ1n) is 7.70.